The Bertz CT molecular complexity index is 1330. The van der Waals surface area contributed by atoms with Gasteiger partial charge in [0.1, 0.15) is 30.2 Å². The van der Waals surface area contributed by atoms with Gasteiger partial charge in [-0.1, -0.05) is 102 Å². The summed E-state index contributed by atoms with van der Waals surface area (Å²) in [6.45, 7) is 11.4. The van der Waals surface area contributed by atoms with Gasteiger partial charge in [-0.25, -0.2) is 0 Å². The van der Waals surface area contributed by atoms with E-state index < -0.39 is 59.7 Å². The smallest absolute Gasteiger partial charge is 0.245 e. The van der Waals surface area contributed by atoms with Crippen molar-refractivity contribution in [3.05, 3.63) is 71.8 Å². The van der Waals surface area contributed by atoms with Crippen molar-refractivity contribution in [3.8, 4) is 0 Å². The molecule has 0 spiro atoms. The Labute approximate surface area is 273 Å². The third-order valence-corrected chi connectivity index (χ3v) is 8.22. The van der Waals surface area contributed by atoms with Gasteiger partial charge in [-0.2, -0.15) is 0 Å². The molecule has 250 valence electrons. The van der Waals surface area contributed by atoms with Crippen LogP contribution in [0.1, 0.15) is 65.5 Å². The minimum Gasteiger partial charge on any atom is -0.343 e. The van der Waals surface area contributed by atoms with E-state index in [1.807, 2.05) is 102 Å². The lowest BCUT2D eigenvalue weighted by molar-refractivity contribution is -0.143. The summed E-state index contributed by atoms with van der Waals surface area (Å²) in [7, 11) is 1.55. The van der Waals surface area contributed by atoms with Crippen LogP contribution in [0.4, 0.5) is 0 Å². The predicted molar refractivity (Wildman–Crippen MR) is 178 cm³/mol. The van der Waals surface area contributed by atoms with Crippen molar-refractivity contribution in [2.75, 3.05) is 7.05 Å². The first-order valence-corrected chi connectivity index (χ1v) is 16.3. The predicted octanol–water partition coefficient (Wildman–Crippen LogP) is 3.00. The Balaban J connectivity index is 2.13. The van der Waals surface area contributed by atoms with Gasteiger partial charge < -0.3 is 26.2 Å². The van der Waals surface area contributed by atoms with E-state index in [2.05, 4.69) is 21.3 Å². The number of nitrogens with zero attached hydrogens (tertiary/aromatic N) is 1. The van der Waals surface area contributed by atoms with Crippen molar-refractivity contribution < 1.29 is 24.0 Å². The van der Waals surface area contributed by atoms with Crippen LogP contribution in [0.3, 0.4) is 0 Å². The second kappa shape index (κ2) is 16.9. The number of carbonyl (C=O) groups is 5. The minimum absolute atomic E-state index is 0.0459. The number of hydrogen-bond acceptors (Lipinski definition) is 5. The summed E-state index contributed by atoms with van der Waals surface area (Å²) in [4.78, 5) is 71.0. The molecule has 10 nitrogen and oxygen atoms in total. The van der Waals surface area contributed by atoms with Crippen LogP contribution in [0.25, 0.3) is 0 Å². The Kier molecular flexibility index (Phi) is 13.3. The molecular weight excluding hydrogens is 582 g/mol. The standard InChI is InChI=1S/C36H51N5O5/c1-22(2)18-27-32(42)38-28(19-23(3)4)34(44)40-31(24(5)6)36(46)41(7)30(21-26-16-12-9-13-17-26)35(45)39-29(33(43)37-27)20-25-14-10-8-11-15-25/h8-17,22-24,27-31H,18-21H2,1-7H3,(H,37,43)(H,38,42)(H,39,45)(H,40,44)/t27-,28-,29-,30+,31-/m0/s1. The average Bonchev–Trinajstić information content (AvgIpc) is 3.00. The summed E-state index contributed by atoms with van der Waals surface area (Å²) in [5.41, 5.74) is 1.65. The second-order valence-corrected chi connectivity index (χ2v) is 13.5. The maximum Gasteiger partial charge on any atom is 0.245 e. The van der Waals surface area contributed by atoms with E-state index in [1.165, 1.54) is 4.90 Å². The van der Waals surface area contributed by atoms with Crippen LogP contribution in [-0.2, 0) is 36.8 Å². The molecule has 1 aliphatic rings. The summed E-state index contributed by atoms with van der Waals surface area (Å²) in [5.74, 6) is -2.66. The van der Waals surface area contributed by atoms with Crippen LogP contribution >= 0.6 is 0 Å². The minimum atomic E-state index is -1.03. The molecule has 0 aliphatic carbocycles. The lowest BCUT2D eigenvalue weighted by atomic mass is 9.97. The maximum atomic E-state index is 14.1. The van der Waals surface area contributed by atoms with E-state index in [-0.39, 0.29) is 30.6 Å². The van der Waals surface area contributed by atoms with Gasteiger partial charge in [-0.3, -0.25) is 24.0 Å². The second-order valence-electron chi connectivity index (χ2n) is 13.5. The fraction of sp³-hybridized carbons (Fsp3) is 0.528. The molecule has 1 fully saturated rings. The van der Waals surface area contributed by atoms with Crippen molar-refractivity contribution in [2.45, 2.75) is 97.4 Å². The Morgan fingerprint density at radius 2 is 0.978 bits per heavy atom. The van der Waals surface area contributed by atoms with Crippen LogP contribution < -0.4 is 21.3 Å². The lowest BCUT2D eigenvalue weighted by Gasteiger charge is -2.33. The highest BCUT2D eigenvalue weighted by Crippen LogP contribution is 2.16. The Morgan fingerprint density at radius 3 is 1.43 bits per heavy atom. The van der Waals surface area contributed by atoms with Gasteiger partial charge in [-0.15, -0.1) is 0 Å². The van der Waals surface area contributed by atoms with Gasteiger partial charge in [0.05, 0.1) is 0 Å². The third kappa shape index (κ3) is 10.4. The van der Waals surface area contributed by atoms with Crippen LogP contribution in [0, 0.1) is 17.8 Å². The molecule has 0 bridgehead atoms. The molecule has 2 aromatic rings. The summed E-state index contributed by atoms with van der Waals surface area (Å²) in [6.07, 6.45) is 1.03. The Hall–Kier alpha value is -4.21. The monoisotopic (exact) mass is 633 g/mol. The largest absolute Gasteiger partial charge is 0.343 e. The van der Waals surface area contributed by atoms with Gasteiger partial charge in [0.15, 0.2) is 0 Å². The van der Waals surface area contributed by atoms with Crippen LogP contribution in [-0.4, -0.2) is 71.7 Å². The maximum absolute atomic E-state index is 14.1. The van der Waals surface area contributed by atoms with Gasteiger partial charge in [0, 0.05) is 19.9 Å². The average molecular weight is 634 g/mol. The van der Waals surface area contributed by atoms with Gasteiger partial charge >= 0.3 is 0 Å². The highest BCUT2D eigenvalue weighted by Gasteiger charge is 2.38. The van der Waals surface area contributed by atoms with E-state index in [9.17, 15) is 24.0 Å². The number of amides is 5. The van der Waals surface area contributed by atoms with E-state index in [1.54, 1.807) is 7.05 Å². The van der Waals surface area contributed by atoms with E-state index >= 15 is 0 Å². The SMILES string of the molecule is CC(C)C[C@@H]1NC(=O)[C@H](Cc2ccccc2)NC(=O)[C@@H](Cc2ccccc2)N(C)C(=O)[C@H](C(C)C)NC(=O)[C@H](CC(C)C)NC1=O. The summed E-state index contributed by atoms with van der Waals surface area (Å²) < 4.78 is 0. The summed E-state index contributed by atoms with van der Waals surface area (Å²) >= 11 is 0. The third-order valence-electron chi connectivity index (χ3n) is 8.22. The van der Waals surface area contributed by atoms with Gasteiger partial charge in [0.2, 0.25) is 29.5 Å². The zero-order chi connectivity index (χ0) is 34.0. The molecule has 10 heteroatoms. The zero-order valence-electron chi connectivity index (χ0n) is 28.2. The van der Waals surface area contributed by atoms with E-state index in [4.69, 9.17) is 0 Å². The van der Waals surface area contributed by atoms with Crippen LogP contribution in [0.15, 0.2) is 60.7 Å². The summed E-state index contributed by atoms with van der Waals surface area (Å²) in [5, 5.41) is 11.5. The first-order chi connectivity index (χ1) is 21.8. The first-order valence-electron chi connectivity index (χ1n) is 16.3. The van der Waals surface area contributed by atoms with E-state index in [0.717, 1.165) is 11.1 Å². The molecule has 2 aromatic carbocycles. The van der Waals surface area contributed by atoms with Gasteiger partial charge in [-0.05, 0) is 41.7 Å². The molecule has 0 unspecified atom stereocenters. The molecule has 1 heterocycles. The number of likely N-dealkylation sites (N-methyl/N-ethyl adjacent to an activating group) is 1. The molecule has 3 rings (SSSR count). The first kappa shape index (κ1) is 36.3. The molecule has 5 amide bonds. The number of nitrogens with one attached hydrogen (secondary N) is 4. The Morgan fingerprint density at radius 1 is 0.565 bits per heavy atom. The highest BCUT2D eigenvalue weighted by molar-refractivity contribution is 5.98. The highest BCUT2D eigenvalue weighted by atomic mass is 16.2. The van der Waals surface area contributed by atoms with Crippen molar-refractivity contribution in [1.29, 1.82) is 0 Å². The number of rotatable bonds is 9. The lowest BCUT2D eigenvalue weighted by Crippen LogP contribution is -2.59. The molecule has 4 N–H and O–H groups in total. The number of carbonyl (C=O) groups excluding carboxylic acids is 5. The molecule has 1 aliphatic heterocycles. The zero-order valence-corrected chi connectivity index (χ0v) is 28.2. The topological polar surface area (TPSA) is 137 Å². The summed E-state index contributed by atoms with van der Waals surface area (Å²) in [6, 6.07) is 13.8. The molecule has 0 saturated carbocycles. The molecule has 1 saturated heterocycles. The van der Waals surface area contributed by atoms with Crippen molar-refractivity contribution in [2.24, 2.45) is 17.8 Å². The normalized spacial score (nSPS) is 23.8. The van der Waals surface area contributed by atoms with Crippen molar-refractivity contribution in [1.82, 2.24) is 26.2 Å². The molecule has 0 aromatic heterocycles. The fourth-order valence-corrected chi connectivity index (χ4v) is 5.66. The molecular formula is C36H51N5O5. The molecule has 46 heavy (non-hydrogen) atoms. The van der Waals surface area contributed by atoms with Crippen molar-refractivity contribution >= 4 is 29.5 Å². The van der Waals surface area contributed by atoms with Crippen molar-refractivity contribution in [3.63, 3.8) is 0 Å². The molecule has 5 atom stereocenters. The van der Waals surface area contributed by atoms with Gasteiger partial charge in [0.25, 0.3) is 0 Å². The van der Waals surface area contributed by atoms with Crippen LogP contribution in [0.2, 0.25) is 0 Å². The molecule has 0 radical (unpaired) electrons. The number of benzene rings is 2. The number of hydrogen-bond donors (Lipinski definition) is 4. The van der Waals surface area contributed by atoms with E-state index in [0.29, 0.717) is 12.8 Å². The quantitative estimate of drug-likeness (QED) is 0.337. The van der Waals surface area contributed by atoms with Crippen LogP contribution in [0.5, 0.6) is 0 Å². The fourth-order valence-electron chi connectivity index (χ4n) is 5.66.